The van der Waals surface area contributed by atoms with Crippen LogP contribution in [-0.4, -0.2) is 60.9 Å². The van der Waals surface area contributed by atoms with Crippen molar-refractivity contribution in [2.75, 3.05) is 0 Å². The van der Waals surface area contributed by atoms with E-state index >= 15 is 0 Å². The molecule has 0 aromatic carbocycles. The summed E-state index contributed by atoms with van der Waals surface area (Å²) in [6.45, 7) is 13.2. The number of thiol groups is 1. The standard InChI is InChI=1S/C33H40N4O6S/c1-7-20-15(2)25(36-33(20)43)12-23-16(3)21(8-10-29(38)39)26(34-23)14-27-22(9-11-30(40)41)17(4)24(35-27)13-28-31(19(6)44)18(5)32(42)37-28/h7,19,25,34-35,44H,1,8-14H2,2-6H3,(H,36,43)(H,38,39)(H,40,41)/t19-,25+/m0/s1. The molecule has 2 aliphatic heterocycles. The van der Waals surface area contributed by atoms with Crippen molar-refractivity contribution in [3.8, 4) is 0 Å². The van der Waals surface area contributed by atoms with E-state index in [9.17, 15) is 29.4 Å². The number of H-pyrrole nitrogens is 2. The average molecular weight is 621 g/mol. The summed E-state index contributed by atoms with van der Waals surface area (Å²) in [5.41, 5.74) is 10.5. The fourth-order valence-electron chi connectivity index (χ4n) is 6.35. The number of rotatable bonds is 14. The van der Waals surface area contributed by atoms with E-state index < -0.39 is 11.9 Å². The third kappa shape index (κ3) is 6.67. The van der Waals surface area contributed by atoms with E-state index in [1.54, 1.807) is 13.0 Å². The quantitative estimate of drug-likeness (QED) is 0.173. The van der Waals surface area contributed by atoms with Gasteiger partial charge in [0.2, 0.25) is 0 Å². The second-order valence-corrected chi connectivity index (χ2v) is 12.4. The fourth-order valence-corrected chi connectivity index (χ4v) is 6.69. The predicted octanol–water partition coefficient (Wildman–Crippen LogP) is 4.29. The lowest BCUT2D eigenvalue weighted by molar-refractivity contribution is -0.138. The number of nitrogens with one attached hydrogen (secondary N) is 3. The molecule has 2 aromatic rings. The second-order valence-electron chi connectivity index (χ2n) is 11.6. The molecule has 0 saturated heterocycles. The van der Waals surface area contributed by atoms with Crippen molar-refractivity contribution in [2.24, 2.45) is 4.99 Å². The first-order valence-corrected chi connectivity index (χ1v) is 15.2. The van der Waals surface area contributed by atoms with Gasteiger partial charge < -0.3 is 25.5 Å². The van der Waals surface area contributed by atoms with Gasteiger partial charge in [-0.25, -0.2) is 4.99 Å². The molecule has 2 atom stereocenters. The van der Waals surface area contributed by atoms with Crippen molar-refractivity contribution in [2.45, 2.75) is 90.9 Å². The highest BCUT2D eigenvalue weighted by Crippen LogP contribution is 2.31. The Hall–Kier alpha value is -4.12. The van der Waals surface area contributed by atoms with Crippen LogP contribution in [0.3, 0.4) is 0 Å². The number of amides is 2. The molecule has 0 radical (unpaired) electrons. The SMILES string of the molecule is C=CC1=C(C)[C@@H](Cc2[nH]c(Cc3[nH]c(CC4=NC(=O)C(C)=C4[C@H](C)S)c(C)c3CCC(=O)O)c(CCC(=O)O)c2C)NC1=O. The molecule has 0 bridgehead atoms. The summed E-state index contributed by atoms with van der Waals surface area (Å²) in [7, 11) is 0. The van der Waals surface area contributed by atoms with Gasteiger partial charge in [0.1, 0.15) is 0 Å². The monoisotopic (exact) mass is 620 g/mol. The van der Waals surface area contributed by atoms with Gasteiger partial charge in [-0.3, -0.25) is 19.2 Å². The number of carboxylic acid groups (broad SMARTS) is 2. The second kappa shape index (κ2) is 13.3. The number of carboxylic acids is 2. The molecule has 0 saturated carbocycles. The summed E-state index contributed by atoms with van der Waals surface area (Å²) in [4.78, 5) is 59.2. The lowest BCUT2D eigenvalue weighted by Crippen LogP contribution is -2.30. The molecule has 2 amide bonds. The maximum Gasteiger partial charge on any atom is 0.303 e. The highest BCUT2D eigenvalue weighted by Gasteiger charge is 2.30. The summed E-state index contributed by atoms with van der Waals surface area (Å²) in [5.74, 6) is -2.24. The number of aromatic amines is 2. The van der Waals surface area contributed by atoms with Crippen LogP contribution in [0.1, 0.15) is 78.6 Å². The van der Waals surface area contributed by atoms with E-state index in [4.69, 9.17) is 0 Å². The van der Waals surface area contributed by atoms with Crippen LogP contribution in [0.25, 0.3) is 0 Å². The summed E-state index contributed by atoms with van der Waals surface area (Å²) < 4.78 is 0. The fraction of sp³-hybridized carbons (Fsp3) is 0.424. The average Bonchev–Trinajstić information content (AvgIpc) is 3.59. The molecular formula is C33H40N4O6S. The summed E-state index contributed by atoms with van der Waals surface area (Å²) in [6.07, 6.45) is 3.36. The van der Waals surface area contributed by atoms with Crippen LogP contribution in [0.4, 0.5) is 0 Å². The number of aliphatic carboxylic acids is 2. The van der Waals surface area contributed by atoms with Crippen molar-refractivity contribution in [1.82, 2.24) is 15.3 Å². The van der Waals surface area contributed by atoms with Crippen LogP contribution in [0.2, 0.25) is 0 Å². The molecule has 0 fully saturated rings. The Kier molecular flexibility index (Phi) is 9.88. The Balaban J connectivity index is 1.73. The van der Waals surface area contributed by atoms with Crippen molar-refractivity contribution >= 4 is 42.1 Å². The van der Waals surface area contributed by atoms with Gasteiger partial charge in [-0.1, -0.05) is 12.7 Å². The number of carbonyl (C=O) groups is 4. The number of nitrogens with zero attached hydrogens (tertiary/aromatic N) is 1. The smallest absolute Gasteiger partial charge is 0.303 e. The van der Waals surface area contributed by atoms with Gasteiger partial charge in [0.25, 0.3) is 11.8 Å². The van der Waals surface area contributed by atoms with Crippen LogP contribution >= 0.6 is 12.6 Å². The lowest BCUT2D eigenvalue weighted by Gasteiger charge is -2.12. The van der Waals surface area contributed by atoms with Crippen LogP contribution in [-0.2, 0) is 51.3 Å². The van der Waals surface area contributed by atoms with E-state index in [2.05, 4.69) is 39.5 Å². The first kappa shape index (κ1) is 32.8. The van der Waals surface area contributed by atoms with E-state index in [1.807, 2.05) is 27.7 Å². The molecule has 44 heavy (non-hydrogen) atoms. The van der Waals surface area contributed by atoms with E-state index in [0.29, 0.717) is 49.0 Å². The van der Waals surface area contributed by atoms with Crippen LogP contribution < -0.4 is 5.32 Å². The predicted molar refractivity (Wildman–Crippen MR) is 172 cm³/mol. The minimum Gasteiger partial charge on any atom is -0.481 e. The highest BCUT2D eigenvalue weighted by molar-refractivity contribution is 7.81. The number of aromatic nitrogens is 2. The molecule has 0 spiro atoms. The molecule has 11 heteroatoms. The zero-order chi connectivity index (χ0) is 32.5. The van der Waals surface area contributed by atoms with Crippen molar-refractivity contribution in [1.29, 1.82) is 0 Å². The van der Waals surface area contributed by atoms with E-state index in [1.165, 1.54) is 0 Å². The number of hydrogen-bond acceptors (Lipinski definition) is 5. The molecule has 234 valence electrons. The van der Waals surface area contributed by atoms with Gasteiger partial charge in [-0.2, -0.15) is 12.6 Å². The maximum absolute atomic E-state index is 12.4. The lowest BCUT2D eigenvalue weighted by atomic mass is 9.96. The number of carbonyl (C=O) groups excluding carboxylic acids is 2. The van der Waals surface area contributed by atoms with Crippen molar-refractivity contribution in [3.05, 3.63) is 80.0 Å². The summed E-state index contributed by atoms with van der Waals surface area (Å²) in [6, 6.07) is -0.215. The molecule has 10 nitrogen and oxygen atoms in total. The van der Waals surface area contributed by atoms with Gasteiger partial charge in [-0.05, 0) is 80.9 Å². The first-order chi connectivity index (χ1) is 20.7. The van der Waals surface area contributed by atoms with Gasteiger partial charge in [0.15, 0.2) is 0 Å². The normalized spacial score (nSPS) is 17.4. The molecule has 4 rings (SSSR count). The van der Waals surface area contributed by atoms with Crippen molar-refractivity contribution in [3.63, 3.8) is 0 Å². The van der Waals surface area contributed by atoms with Gasteiger partial charge >= 0.3 is 11.9 Å². The van der Waals surface area contributed by atoms with Crippen LogP contribution in [0, 0.1) is 13.8 Å². The van der Waals surface area contributed by atoms with Crippen molar-refractivity contribution < 1.29 is 29.4 Å². The zero-order valence-corrected chi connectivity index (χ0v) is 26.7. The molecule has 2 aromatic heterocycles. The Morgan fingerprint density at radius 1 is 0.932 bits per heavy atom. The third-order valence-electron chi connectivity index (χ3n) is 8.82. The molecule has 0 aliphatic carbocycles. The minimum atomic E-state index is -0.908. The topological polar surface area (TPSA) is 165 Å². The van der Waals surface area contributed by atoms with E-state index in [-0.39, 0.29) is 35.9 Å². The summed E-state index contributed by atoms with van der Waals surface area (Å²) in [5, 5.41) is 21.8. The Bertz CT molecular complexity index is 1650. The minimum absolute atomic E-state index is 0.0457. The Morgan fingerprint density at radius 3 is 1.98 bits per heavy atom. The maximum atomic E-state index is 12.4. The van der Waals surface area contributed by atoms with Gasteiger partial charge in [-0.15, -0.1) is 0 Å². The van der Waals surface area contributed by atoms with Crippen LogP contribution in [0.5, 0.6) is 0 Å². The third-order valence-corrected chi connectivity index (χ3v) is 9.08. The van der Waals surface area contributed by atoms with Gasteiger partial charge in [0, 0.05) is 71.3 Å². The van der Waals surface area contributed by atoms with Crippen LogP contribution in [0.15, 0.2) is 39.9 Å². The largest absolute Gasteiger partial charge is 0.481 e. The van der Waals surface area contributed by atoms with E-state index in [0.717, 1.165) is 56.2 Å². The molecular weight excluding hydrogens is 580 g/mol. The highest BCUT2D eigenvalue weighted by atomic mass is 32.1. The van der Waals surface area contributed by atoms with Gasteiger partial charge in [0.05, 0.1) is 11.8 Å². The molecule has 2 aliphatic rings. The molecule has 5 N–H and O–H groups in total. The number of aliphatic imine (C=N–C) groups is 1. The molecule has 4 heterocycles. The molecule has 0 unspecified atom stereocenters. The number of hydrogen-bond donors (Lipinski definition) is 6. The summed E-state index contributed by atoms with van der Waals surface area (Å²) >= 11 is 4.57. The Morgan fingerprint density at radius 2 is 1.48 bits per heavy atom. The Labute approximate surface area is 262 Å². The first-order valence-electron chi connectivity index (χ1n) is 14.7. The zero-order valence-electron chi connectivity index (χ0n) is 25.8.